The van der Waals surface area contributed by atoms with Crippen LogP contribution in [0.25, 0.3) is 0 Å². The summed E-state index contributed by atoms with van der Waals surface area (Å²) in [5.74, 6) is -0.910. The Balaban J connectivity index is 1.71. The Morgan fingerprint density at radius 2 is 1.58 bits per heavy atom. The van der Waals surface area contributed by atoms with Crippen molar-refractivity contribution in [2.24, 2.45) is 0 Å². The number of benzene rings is 3. The second kappa shape index (κ2) is 7.37. The lowest BCUT2D eigenvalue weighted by atomic mass is 10.2. The molecule has 0 aromatic heterocycles. The Labute approximate surface area is 150 Å². The maximum absolute atomic E-state index is 13.2. The minimum atomic E-state index is -4.14. The van der Waals surface area contributed by atoms with Crippen molar-refractivity contribution >= 4 is 21.7 Å². The first kappa shape index (κ1) is 17.6. The molecule has 132 valence electrons. The zero-order valence-electron chi connectivity index (χ0n) is 13.4. The maximum atomic E-state index is 13.2. The predicted octanol–water partition coefficient (Wildman–Crippen LogP) is 3.85. The van der Waals surface area contributed by atoms with Gasteiger partial charge in [-0.2, -0.15) is 8.42 Å². The van der Waals surface area contributed by atoms with Crippen LogP contribution in [0.2, 0.25) is 0 Å². The van der Waals surface area contributed by atoms with Crippen molar-refractivity contribution in [3.8, 4) is 5.75 Å². The van der Waals surface area contributed by atoms with Crippen molar-refractivity contribution in [2.45, 2.75) is 4.90 Å². The highest BCUT2D eigenvalue weighted by Crippen LogP contribution is 2.21. The minimum absolute atomic E-state index is 0.0481. The van der Waals surface area contributed by atoms with Crippen LogP contribution in [0.5, 0.6) is 5.75 Å². The monoisotopic (exact) mass is 371 g/mol. The van der Waals surface area contributed by atoms with E-state index in [1.807, 2.05) is 6.07 Å². The first-order chi connectivity index (χ1) is 12.4. The van der Waals surface area contributed by atoms with E-state index >= 15 is 0 Å². The Bertz CT molecular complexity index is 1020. The van der Waals surface area contributed by atoms with Crippen LogP contribution in [-0.4, -0.2) is 14.3 Å². The second-order valence-electron chi connectivity index (χ2n) is 5.34. The number of hydrogen-bond acceptors (Lipinski definition) is 4. The van der Waals surface area contributed by atoms with Crippen LogP contribution < -0.4 is 9.50 Å². The molecule has 0 saturated carbocycles. The van der Waals surface area contributed by atoms with E-state index in [2.05, 4.69) is 5.32 Å². The summed E-state index contributed by atoms with van der Waals surface area (Å²) >= 11 is 0. The molecule has 0 bridgehead atoms. The molecule has 0 unspecified atom stereocenters. The molecule has 0 saturated heterocycles. The molecule has 3 aromatic rings. The molecule has 1 amide bonds. The third kappa shape index (κ3) is 4.25. The fraction of sp³-hybridized carbons (Fsp3) is 0. The summed E-state index contributed by atoms with van der Waals surface area (Å²) < 4.78 is 42.5. The summed E-state index contributed by atoms with van der Waals surface area (Å²) in [4.78, 5) is 11.8. The number of halogens is 1. The number of hydrogen-bond donors (Lipinski definition) is 1. The molecule has 0 heterocycles. The predicted molar refractivity (Wildman–Crippen MR) is 95.1 cm³/mol. The summed E-state index contributed by atoms with van der Waals surface area (Å²) in [5, 5.41) is 2.69. The van der Waals surface area contributed by atoms with E-state index in [1.165, 1.54) is 36.4 Å². The molecule has 0 fully saturated rings. The standard InChI is InChI=1S/C19H14FNO4S/c20-15-7-4-8-18(13-15)26(23,24)25-17-11-9-16(10-12-17)21-19(22)14-5-2-1-3-6-14/h1-13H,(H,21,22). The molecule has 0 spiro atoms. The quantitative estimate of drug-likeness (QED) is 0.692. The van der Waals surface area contributed by atoms with E-state index in [-0.39, 0.29) is 16.6 Å². The number of nitrogens with one attached hydrogen (secondary N) is 1. The van der Waals surface area contributed by atoms with Gasteiger partial charge in [0.25, 0.3) is 5.91 Å². The molecule has 0 aliphatic rings. The summed E-state index contributed by atoms with van der Waals surface area (Å²) in [5.41, 5.74) is 0.982. The molecule has 1 N–H and O–H groups in total. The van der Waals surface area contributed by atoms with Crippen molar-refractivity contribution in [3.05, 3.63) is 90.2 Å². The van der Waals surface area contributed by atoms with Gasteiger partial charge in [-0.3, -0.25) is 4.79 Å². The summed E-state index contributed by atoms with van der Waals surface area (Å²) in [6.45, 7) is 0. The molecule has 0 aliphatic heterocycles. The Kier molecular flexibility index (Phi) is 4.99. The molecule has 26 heavy (non-hydrogen) atoms. The fourth-order valence-electron chi connectivity index (χ4n) is 2.18. The molecule has 0 radical (unpaired) electrons. The largest absolute Gasteiger partial charge is 0.379 e. The highest BCUT2D eigenvalue weighted by molar-refractivity contribution is 7.87. The third-order valence-electron chi connectivity index (χ3n) is 3.44. The van der Waals surface area contributed by atoms with E-state index in [9.17, 15) is 17.6 Å². The van der Waals surface area contributed by atoms with Crippen molar-refractivity contribution in [3.63, 3.8) is 0 Å². The average molecular weight is 371 g/mol. The Morgan fingerprint density at radius 1 is 0.885 bits per heavy atom. The van der Waals surface area contributed by atoms with Crippen molar-refractivity contribution in [1.29, 1.82) is 0 Å². The van der Waals surface area contributed by atoms with Crippen LogP contribution >= 0.6 is 0 Å². The zero-order valence-corrected chi connectivity index (χ0v) is 14.2. The van der Waals surface area contributed by atoms with Gasteiger partial charge in [-0.05, 0) is 54.6 Å². The summed E-state index contributed by atoms with van der Waals surface area (Å²) in [6, 6.07) is 19.0. The van der Waals surface area contributed by atoms with E-state index in [4.69, 9.17) is 4.18 Å². The van der Waals surface area contributed by atoms with Gasteiger partial charge in [0.15, 0.2) is 0 Å². The summed E-state index contributed by atoms with van der Waals surface area (Å²) in [6.07, 6.45) is 0. The van der Waals surface area contributed by atoms with E-state index < -0.39 is 15.9 Å². The van der Waals surface area contributed by atoms with Gasteiger partial charge in [-0.1, -0.05) is 24.3 Å². The molecule has 3 rings (SSSR count). The molecule has 0 atom stereocenters. The first-order valence-electron chi connectivity index (χ1n) is 7.60. The maximum Gasteiger partial charge on any atom is 0.339 e. The van der Waals surface area contributed by atoms with Gasteiger partial charge in [-0.15, -0.1) is 0 Å². The SMILES string of the molecule is O=C(Nc1ccc(OS(=O)(=O)c2cccc(F)c2)cc1)c1ccccc1. The smallest absolute Gasteiger partial charge is 0.339 e. The first-order valence-corrected chi connectivity index (χ1v) is 9.01. The van der Waals surface area contributed by atoms with Crippen molar-refractivity contribution in [1.82, 2.24) is 0 Å². The third-order valence-corrected chi connectivity index (χ3v) is 4.68. The lowest BCUT2D eigenvalue weighted by molar-refractivity contribution is 0.102. The Hall–Kier alpha value is -3.19. The zero-order chi connectivity index (χ0) is 18.6. The number of anilines is 1. The van der Waals surface area contributed by atoms with Crippen LogP contribution in [0.4, 0.5) is 10.1 Å². The normalized spacial score (nSPS) is 11.0. The molecule has 3 aromatic carbocycles. The average Bonchev–Trinajstić information content (AvgIpc) is 2.64. The van der Waals surface area contributed by atoms with Crippen LogP contribution in [0.3, 0.4) is 0 Å². The van der Waals surface area contributed by atoms with Gasteiger partial charge < -0.3 is 9.50 Å². The van der Waals surface area contributed by atoms with Gasteiger partial charge in [0.1, 0.15) is 16.5 Å². The Morgan fingerprint density at radius 3 is 2.23 bits per heavy atom. The van der Waals surface area contributed by atoms with Crippen LogP contribution in [-0.2, 0) is 10.1 Å². The number of carbonyl (C=O) groups excluding carboxylic acids is 1. The highest BCUT2D eigenvalue weighted by atomic mass is 32.2. The van der Waals surface area contributed by atoms with Gasteiger partial charge >= 0.3 is 10.1 Å². The fourth-order valence-corrected chi connectivity index (χ4v) is 3.15. The van der Waals surface area contributed by atoms with Crippen LogP contribution in [0.15, 0.2) is 83.8 Å². The van der Waals surface area contributed by atoms with Crippen molar-refractivity contribution in [2.75, 3.05) is 5.32 Å². The van der Waals surface area contributed by atoms with Gasteiger partial charge in [0.2, 0.25) is 0 Å². The number of rotatable bonds is 5. The van der Waals surface area contributed by atoms with Crippen LogP contribution in [0.1, 0.15) is 10.4 Å². The molecular weight excluding hydrogens is 357 g/mol. The van der Waals surface area contributed by atoms with E-state index in [1.54, 1.807) is 24.3 Å². The topological polar surface area (TPSA) is 72.5 Å². The molecule has 5 nitrogen and oxygen atoms in total. The second-order valence-corrected chi connectivity index (χ2v) is 6.89. The van der Waals surface area contributed by atoms with Gasteiger partial charge in [-0.25, -0.2) is 4.39 Å². The van der Waals surface area contributed by atoms with Gasteiger partial charge in [0.05, 0.1) is 0 Å². The van der Waals surface area contributed by atoms with E-state index in [0.717, 1.165) is 12.1 Å². The van der Waals surface area contributed by atoms with E-state index in [0.29, 0.717) is 11.3 Å². The molecule has 7 heteroatoms. The molecule has 0 aliphatic carbocycles. The van der Waals surface area contributed by atoms with Crippen LogP contribution in [0, 0.1) is 5.82 Å². The summed E-state index contributed by atoms with van der Waals surface area (Å²) in [7, 11) is -4.14. The van der Waals surface area contributed by atoms with Crippen molar-refractivity contribution < 1.29 is 21.8 Å². The lowest BCUT2D eigenvalue weighted by Crippen LogP contribution is -2.12. The van der Waals surface area contributed by atoms with Gasteiger partial charge in [0, 0.05) is 11.3 Å². The number of carbonyl (C=O) groups is 1. The molecular formula is C19H14FNO4S. The minimum Gasteiger partial charge on any atom is -0.379 e. The number of amides is 1. The highest BCUT2D eigenvalue weighted by Gasteiger charge is 2.17. The lowest BCUT2D eigenvalue weighted by Gasteiger charge is -2.09.